The molecular weight excluding hydrogens is 288 g/mol. The molecule has 118 valence electrons. The Labute approximate surface area is 124 Å². The fraction of sp³-hybridized carbons (Fsp3) is 0.846. The van der Waals surface area contributed by atoms with Crippen molar-refractivity contribution in [2.24, 2.45) is 0 Å². The Morgan fingerprint density at radius 1 is 0.950 bits per heavy atom. The molecule has 0 aliphatic rings. The van der Waals surface area contributed by atoms with Gasteiger partial charge in [0, 0.05) is 0 Å². The van der Waals surface area contributed by atoms with Crippen molar-refractivity contribution in [3.8, 4) is 0 Å². The third-order valence-electron chi connectivity index (χ3n) is 1.60. The summed E-state index contributed by atoms with van der Waals surface area (Å²) in [7, 11) is 0. The first-order chi connectivity index (χ1) is 8.93. The number of halogens is 1. The van der Waals surface area contributed by atoms with Gasteiger partial charge < -0.3 is 18.9 Å². The normalized spacial score (nSPS) is 13.3. The van der Waals surface area contributed by atoms with Crippen LogP contribution >= 0.6 is 11.6 Å². The van der Waals surface area contributed by atoms with Gasteiger partial charge in [-0.2, -0.15) is 0 Å². The van der Waals surface area contributed by atoms with Crippen molar-refractivity contribution in [3.05, 3.63) is 0 Å². The molecule has 0 N–H and O–H groups in total. The average molecular weight is 311 g/mol. The van der Waals surface area contributed by atoms with Crippen LogP contribution in [-0.2, 0) is 18.9 Å². The summed E-state index contributed by atoms with van der Waals surface area (Å²) in [5.74, 6) is -0.0258. The quantitative estimate of drug-likeness (QED) is 0.584. The van der Waals surface area contributed by atoms with Crippen LogP contribution in [0.4, 0.5) is 9.59 Å². The lowest BCUT2D eigenvalue weighted by molar-refractivity contribution is -0.0507. The Morgan fingerprint density at radius 3 is 1.80 bits per heavy atom. The second-order valence-electron chi connectivity index (χ2n) is 6.13. The predicted octanol–water partition coefficient (Wildman–Crippen LogP) is 3.50. The van der Waals surface area contributed by atoms with Gasteiger partial charge in [-0.15, -0.1) is 11.6 Å². The van der Waals surface area contributed by atoms with Crippen molar-refractivity contribution in [1.29, 1.82) is 0 Å². The molecular formula is C13H23ClO6. The Balaban J connectivity index is 4.17. The Morgan fingerprint density at radius 2 is 1.40 bits per heavy atom. The van der Waals surface area contributed by atoms with Crippen LogP contribution in [0, 0.1) is 0 Å². The smallest absolute Gasteiger partial charge is 0.430 e. The maximum atomic E-state index is 11.4. The van der Waals surface area contributed by atoms with Gasteiger partial charge in [-0.05, 0) is 41.5 Å². The van der Waals surface area contributed by atoms with Crippen LogP contribution in [0.15, 0.2) is 0 Å². The lowest BCUT2D eigenvalue weighted by atomic mass is 10.2. The minimum absolute atomic E-state index is 0.0258. The fourth-order valence-electron chi connectivity index (χ4n) is 0.961. The van der Waals surface area contributed by atoms with Crippen LogP contribution < -0.4 is 0 Å². The first-order valence-electron chi connectivity index (χ1n) is 6.24. The third kappa shape index (κ3) is 10.7. The molecule has 1 unspecified atom stereocenters. The van der Waals surface area contributed by atoms with E-state index in [1.165, 1.54) is 0 Å². The van der Waals surface area contributed by atoms with E-state index in [0.29, 0.717) is 0 Å². The number of ether oxygens (including phenoxy) is 4. The predicted molar refractivity (Wildman–Crippen MR) is 74.0 cm³/mol. The molecule has 0 aliphatic heterocycles. The Bertz CT molecular complexity index is 329. The highest BCUT2D eigenvalue weighted by molar-refractivity contribution is 6.18. The molecule has 0 aromatic carbocycles. The summed E-state index contributed by atoms with van der Waals surface area (Å²) in [6.45, 7) is 10.1. The van der Waals surface area contributed by atoms with Gasteiger partial charge >= 0.3 is 12.3 Å². The first-order valence-corrected chi connectivity index (χ1v) is 6.78. The molecule has 0 saturated heterocycles. The van der Waals surface area contributed by atoms with E-state index in [-0.39, 0.29) is 12.5 Å². The number of rotatable bonds is 4. The minimum Gasteiger partial charge on any atom is -0.430 e. The monoisotopic (exact) mass is 310 g/mol. The fourth-order valence-corrected chi connectivity index (χ4v) is 1.11. The lowest BCUT2D eigenvalue weighted by Gasteiger charge is -2.22. The van der Waals surface area contributed by atoms with E-state index in [0.717, 1.165) is 0 Å². The van der Waals surface area contributed by atoms with Crippen molar-refractivity contribution >= 4 is 23.9 Å². The molecule has 0 rings (SSSR count). The molecule has 0 radical (unpaired) electrons. The average Bonchev–Trinajstić information content (AvgIpc) is 2.18. The molecule has 7 heteroatoms. The number of alkyl halides is 1. The van der Waals surface area contributed by atoms with E-state index in [9.17, 15) is 9.59 Å². The van der Waals surface area contributed by atoms with Crippen molar-refractivity contribution in [1.82, 2.24) is 0 Å². The highest BCUT2D eigenvalue weighted by atomic mass is 35.5. The van der Waals surface area contributed by atoms with Gasteiger partial charge in [0.1, 0.15) is 17.8 Å². The zero-order valence-electron chi connectivity index (χ0n) is 12.8. The molecule has 0 aromatic rings. The van der Waals surface area contributed by atoms with Gasteiger partial charge in [0.05, 0.1) is 5.88 Å². The molecule has 0 aromatic heterocycles. The van der Waals surface area contributed by atoms with Crippen LogP contribution in [0.3, 0.4) is 0 Å². The number of hydrogen-bond donors (Lipinski definition) is 0. The molecule has 0 heterocycles. The van der Waals surface area contributed by atoms with E-state index < -0.39 is 29.6 Å². The van der Waals surface area contributed by atoms with Gasteiger partial charge in [-0.25, -0.2) is 9.59 Å². The largest absolute Gasteiger partial charge is 0.509 e. The van der Waals surface area contributed by atoms with E-state index >= 15 is 0 Å². The highest BCUT2D eigenvalue weighted by Gasteiger charge is 2.23. The van der Waals surface area contributed by atoms with Gasteiger partial charge in [0.25, 0.3) is 0 Å². The minimum atomic E-state index is -0.865. The highest BCUT2D eigenvalue weighted by Crippen LogP contribution is 2.11. The van der Waals surface area contributed by atoms with Gasteiger partial charge in [0.2, 0.25) is 0 Å². The summed E-state index contributed by atoms with van der Waals surface area (Å²) in [5, 5.41) is 0. The standard InChI is InChI=1S/C13H23ClO6/c1-12(2,3)19-10(15)17-8-9(7-14)18-11(16)20-13(4,5)6/h9H,7-8H2,1-6H3. The molecule has 0 bridgehead atoms. The maximum Gasteiger partial charge on any atom is 0.509 e. The van der Waals surface area contributed by atoms with Crippen molar-refractivity contribution in [2.75, 3.05) is 12.5 Å². The molecule has 0 amide bonds. The van der Waals surface area contributed by atoms with Crippen molar-refractivity contribution in [3.63, 3.8) is 0 Å². The lowest BCUT2D eigenvalue weighted by Crippen LogP contribution is -2.32. The van der Waals surface area contributed by atoms with Gasteiger partial charge in [0.15, 0.2) is 6.10 Å². The first kappa shape index (κ1) is 18.8. The SMILES string of the molecule is CC(C)(C)OC(=O)OCC(CCl)OC(=O)OC(C)(C)C. The zero-order valence-corrected chi connectivity index (χ0v) is 13.6. The summed E-state index contributed by atoms with van der Waals surface area (Å²) in [6.07, 6.45) is -2.50. The summed E-state index contributed by atoms with van der Waals surface area (Å²) < 4.78 is 19.7. The third-order valence-corrected chi connectivity index (χ3v) is 1.95. The molecule has 6 nitrogen and oxygen atoms in total. The molecule has 0 spiro atoms. The van der Waals surface area contributed by atoms with Crippen LogP contribution in [0.5, 0.6) is 0 Å². The van der Waals surface area contributed by atoms with Crippen LogP contribution in [-0.4, -0.2) is 42.1 Å². The number of carbonyl (C=O) groups excluding carboxylic acids is 2. The summed E-state index contributed by atoms with van der Waals surface area (Å²) in [5.41, 5.74) is -1.32. The molecule has 0 saturated carbocycles. The van der Waals surface area contributed by atoms with Crippen LogP contribution in [0.25, 0.3) is 0 Å². The Kier molecular flexibility index (Phi) is 7.13. The van der Waals surface area contributed by atoms with E-state index in [1.807, 2.05) is 0 Å². The maximum absolute atomic E-state index is 11.4. The molecule has 1 atom stereocenters. The molecule has 0 fully saturated rings. The second-order valence-corrected chi connectivity index (χ2v) is 6.44. The van der Waals surface area contributed by atoms with Crippen molar-refractivity contribution in [2.45, 2.75) is 58.8 Å². The molecule has 20 heavy (non-hydrogen) atoms. The van der Waals surface area contributed by atoms with Crippen molar-refractivity contribution < 1.29 is 28.5 Å². The number of hydrogen-bond acceptors (Lipinski definition) is 6. The summed E-state index contributed by atoms with van der Waals surface area (Å²) >= 11 is 5.63. The Hall–Kier alpha value is -1.17. The summed E-state index contributed by atoms with van der Waals surface area (Å²) in [6, 6.07) is 0. The van der Waals surface area contributed by atoms with E-state index in [4.69, 9.17) is 30.5 Å². The second kappa shape index (κ2) is 7.57. The van der Waals surface area contributed by atoms with Gasteiger partial charge in [-0.1, -0.05) is 0 Å². The summed E-state index contributed by atoms with van der Waals surface area (Å²) in [4.78, 5) is 22.8. The number of carbonyl (C=O) groups is 2. The topological polar surface area (TPSA) is 71.1 Å². The van der Waals surface area contributed by atoms with E-state index in [2.05, 4.69) is 0 Å². The van der Waals surface area contributed by atoms with Crippen LogP contribution in [0.2, 0.25) is 0 Å². The van der Waals surface area contributed by atoms with E-state index in [1.54, 1.807) is 41.5 Å². The molecule has 0 aliphatic carbocycles. The van der Waals surface area contributed by atoms with Crippen LogP contribution in [0.1, 0.15) is 41.5 Å². The van der Waals surface area contributed by atoms with Gasteiger partial charge in [-0.3, -0.25) is 0 Å². The zero-order chi connectivity index (χ0) is 16.0.